The van der Waals surface area contributed by atoms with Crippen LogP contribution in [0.4, 0.5) is 0 Å². The third kappa shape index (κ3) is 1.64. The second kappa shape index (κ2) is 2.96. The fraction of sp³-hybridized carbons (Fsp3) is 0.167. The second-order valence-electron chi connectivity index (χ2n) is 1.73. The highest BCUT2D eigenvalue weighted by Crippen LogP contribution is 2.18. The van der Waals surface area contributed by atoms with Crippen molar-refractivity contribution in [1.82, 2.24) is 4.98 Å². The van der Waals surface area contributed by atoms with Crippen LogP contribution in [0.3, 0.4) is 0 Å². The van der Waals surface area contributed by atoms with Crippen LogP contribution >= 0.6 is 38.5 Å². The molecule has 1 heterocycles. The lowest BCUT2D eigenvalue weighted by atomic mass is 10.3. The first-order valence-electron chi connectivity index (χ1n) is 2.48. The van der Waals surface area contributed by atoms with Gasteiger partial charge in [-0.05, 0) is 57.1 Å². The van der Waals surface area contributed by atoms with Crippen LogP contribution < -0.4 is 0 Å². The van der Waals surface area contributed by atoms with Gasteiger partial charge in [-0.2, -0.15) is 0 Å². The van der Waals surface area contributed by atoms with Gasteiger partial charge in [0.2, 0.25) is 0 Å². The van der Waals surface area contributed by atoms with E-state index in [1.165, 1.54) is 9.13 Å². The van der Waals surface area contributed by atoms with Gasteiger partial charge in [0, 0.05) is 9.77 Å². The van der Waals surface area contributed by atoms with E-state index in [0.29, 0.717) is 0 Å². The maximum Gasteiger partial charge on any atom is 0.119 e. The lowest BCUT2D eigenvalue weighted by molar-refractivity contribution is 1.21. The summed E-state index contributed by atoms with van der Waals surface area (Å²) in [5, 5.41) is 0. The van der Waals surface area contributed by atoms with Gasteiger partial charge in [0.1, 0.15) is 4.60 Å². The van der Waals surface area contributed by atoms with Gasteiger partial charge in [-0.1, -0.05) is 0 Å². The van der Waals surface area contributed by atoms with Gasteiger partial charge in [0.25, 0.3) is 0 Å². The Labute approximate surface area is 76.1 Å². The minimum absolute atomic E-state index is 0.933. The predicted molar refractivity (Wildman–Crippen MR) is 49.4 cm³/mol. The van der Waals surface area contributed by atoms with Crippen molar-refractivity contribution in [3.05, 3.63) is 26.0 Å². The maximum atomic E-state index is 4.05. The fourth-order valence-electron chi connectivity index (χ4n) is 0.507. The van der Waals surface area contributed by atoms with Crippen molar-refractivity contribution < 1.29 is 0 Å². The third-order valence-corrected chi connectivity index (χ3v) is 3.74. The normalized spacial score (nSPS) is 9.67. The minimum Gasteiger partial charge on any atom is -0.248 e. The average molecular weight is 298 g/mol. The minimum atomic E-state index is 0.933. The molecule has 0 unspecified atom stereocenters. The Morgan fingerprint density at radius 1 is 1.67 bits per heavy atom. The maximum absolute atomic E-state index is 4.05. The largest absolute Gasteiger partial charge is 0.248 e. The summed E-state index contributed by atoms with van der Waals surface area (Å²) in [4.78, 5) is 4.05. The molecule has 0 saturated carbocycles. The third-order valence-electron chi connectivity index (χ3n) is 1.04. The molecule has 0 radical (unpaired) electrons. The van der Waals surface area contributed by atoms with Crippen LogP contribution in [0.5, 0.6) is 0 Å². The Bertz CT molecular complexity index is 204. The monoisotopic (exact) mass is 297 g/mol. The van der Waals surface area contributed by atoms with Gasteiger partial charge >= 0.3 is 0 Å². The Hall–Kier alpha value is 0.360. The SMILES string of the molecule is Cc1ccnc(Br)c1I. The molecule has 0 aliphatic heterocycles. The number of hydrogen-bond donors (Lipinski definition) is 0. The lowest BCUT2D eigenvalue weighted by Gasteiger charge is -1.96. The number of halogens is 2. The van der Waals surface area contributed by atoms with Gasteiger partial charge < -0.3 is 0 Å². The first-order valence-corrected chi connectivity index (χ1v) is 4.35. The van der Waals surface area contributed by atoms with Crippen molar-refractivity contribution in [1.29, 1.82) is 0 Å². The van der Waals surface area contributed by atoms with Crippen LogP contribution in [0.1, 0.15) is 5.56 Å². The summed E-state index contributed by atoms with van der Waals surface area (Å²) in [6.07, 6.45) is 1.79. The van der Waals surface area contributed by atoms with E-state index in [2.05, 4.69) is 50.4 Å². The molecule has 0 aromatic carbocycles. The van der Waals surface area contributed by atoms with Gasteiger partial charge in [0.05, 0.1) is 0 Å². The van der Waals surface area contributed by atoms with Crippen LogP contribution in [-0.4, -0.2) is 4.98 Å². The van der Waals surface area contributed by atoms with Gasteiger partial charge in [-0.25, -0.2) is 4.98 Å². The molecule has 0 atom stereocenters. The molecular weight excluding hydrogens is 293 g/mol. The van der Waals surface area contributed by atoms with Gasteiger partial charge in [-0.15, -0.1) is 0 Å². The summed E-state index contributed by atoms with van der Waals surface area (Å²) in [6, 6.07) is 1.99. The fourth-order valence-corrected chi connectivity index (χ4v) is 1.26. The van der Waals surface area contributed by atoms with Crippen LogP contribution in [0.25, 0.3) is 0 Å². The molecule has 1 rings (SSSR count). The molecule has 0 spiro atoms. The summed E-state index contributed by atoms with van der Waals surface area (Å²) in [7, 11) is 0. The zero-order valence-electron chi connectivity index (χ0n) is 4.86. The van der Waals surface area contributed by atoms with Crippen LogP contribution in [-0.2, 0) is 0 Å². The topological polar surface area (TPSA) is 12.9 Å². The van der Waals surface area contributed by atoms with Crippen LogP contribution in [0.15, 0.2) is 16.9 Å². The molecule has 3 heteroatoms. The van der Waals surface area contributed by atoms with E-state index in [1.54, 1.807) is 6.20 Å². The number of hydrogen-bond acceptors (Lipinski definition) is 1. The highest BCUT2D eigenvalue weighted by atomic mass is 127. The van der Waals surface area contributed by atoms with Crippen LogP contribution in [0, 0.1) is 10.5 Å². The zero-order valence-corrected chi connectivity index (χ0v) is 8.60. The molecule has 0 saturated heterocycles. The second-order valence-corrected chi connectivity index (χ2v) is 3.56. The molecule has 1 aromatic heterocycles. The van der Waals surface area contributed by atoms with Crippen molar-refractivity contribution >= 4 is 38.5 Å². The van der Waals surface area contributed by atoms with E-state index in [9.17, 15) is 0 Å². The molecule has 1 nitrogen and oxygen atoms in total. The molecule has 0 amide bonds. The Morgan fingerprint density at radius 2 is 2.33 bits per heavy atom. The predicted octanol–water partition coefficient (Wildman–Crippen LogP) is 2.76. The molecule has 9 heavy (non-hydrogen) atoms. The summed E-state index contributed by atoms with van der Waals surface area (Å²) in [5.41, 5.74) is 1.26. The molecule has 48 valence electrons. The summed E-state index contributed by atoms with van der Waals surface area (Å²) in [6.45, 7) is 2.06. The van der Waals surface area contributed by atoms with E-state index in [4.69, 9.17) is 0 Å². The number of aromatic nitrogens is 1. The van der Waals surface area contributed by atoms with Gasteiger partial charge in [-0.3, -0.25) is 0 Å². The quantitative estimate of drug-likeness (QED) is 0.530. The first-order chi connectivity index (χ1) is 4.22. The Kier molecular flexibility index (Phi) is 2.46. The Balaban J connectivity index is 3.25. The summed E-state index contributed by atoms with van der Waals surface area (Å²) >= 11 is 5.59. The standard InChI is InChI=1S/C6H5BrIN/c1-4-2-3-9-6(7)5(4)8/h2-3H,1H3. The molecule has 0 aliphatic rings. The number of nitrogens with zero attached hydrogens (tertiary/aromatic N) is 1. The molecule has 0 N–H and O–H groups in total. The molecule has 0 aliphatic carbocycles. The number of pyridine rings is 1. The smallest absolute Gasteiger partial charge is 0.119 e. The molecule has 1 aromatic rings. The van der Waals surface area contributed by atoms with E-state index in [0.717, 1.165) is 4.60 Å². The highest BCUT2D eigenvalue weighted by Gasteiger charge is 1.97. The van der Waals surface area contributed by atoms with E-state index in [1.807, 2.05) is 6.07 Å². The number of rotatable bonds is 0. The van der Waals surface area contributed by atoms with Crippen LogP contribution in [0.2, 0.25) is 0 Å². The van der Waals surface area contributed by atoms with E-state index < -0.39 is 0 Å². The van der Waals surface area contributed by atoms with E-state index in [-0.39, 0.29) is 0 Å². The van der Waals surface area contributed by atoms with Crippen molar-refractivity contribution in [2.24, 2.45) is 0 Å². The Morgan fingerprint density at radius 3 is 2.78 bits per heavy atom. The summed E-state index contributed by atoms with van der Waals surface area (Å²) < 4.78 is 2.12. The van der Waals surface area contributed by atoms with E-state index >= 15 is 0 Å². The van der Waals surface area contributed by atoms with Crippen molar-refractivity contribution in [3.8, 4) is 0 Å². The highest BCUT2D eigenvalue weighted by molar-refractivity contribution is 14.1. The van der Waals surface area contributed by atoms with Gasteiger partial charge in [0.15, 0.2) is 0 Å². The summed E-state index contributed by atoms with van der Waals surface area (Å²) in [5.74, 6) is 0. The molecule has 0 fully saturated rings. The zero-order chi connectivity index (χ0) is 6.85. The average Bonchev–Trinajstić information content (AvgIpc) is 1.83. The number of aryl methyl sites for hydroxylation is 1. The van der Waals surface area contributed by atoms with Crippen molar-refractivity contribution in [3.63, 3.8) is 0 Å². The van der Waals surface area contributed by atoms with Crippen molar-refractivity contribution in [2.75, 3.05) is 0 Å². The molecular formula is C6H5BrIN. The lowest BCUT2D eigenvalue weighted by Crippen LogP contribution is -1.83. The first kappa shape index (κ1) is 7.47. The molecule has 0 bridgehead atoms. The van der Waals surface area contributed by atoms with Crippen molar-refractivity contribution in [2.45, 2.75) is 6.92 Å².